The summed E-state index contributed by atoms with van der Waals surface area (Å²) in [6.45, 7) is 7.50. The molecule has 8 heteroatoms. The van der Waals surface area contributed by atoms with E-state index in [1.54, 1.807) is 6.07 Å². The van der Waals surface area contributed by atoms with E-state index >= 15 is 0 Å². The highest BCUT2D eigenvalue weighted by Crippen LogP contribution is 2.31. The number of hydrogen-bond donors (Lipinski definition) is 0. The van der Waals surface area contributed by atoms with E-state index in [0.29, 0.717) is 24.5 Å². The first kappa shape index (κ1) is 18.5. The second kappa shape index (κ2) is 7.63. The van der Waals surface area contributed by atoms with Gasteiger partial charge in [0, 0.05) is 38.3 Å². The zero-order chi connectivity index (χ0) is 19.7. The average Bonchev–Trinajstić information content (AvgIpc) is 3.02. The van der Waals surface area contributed by atoms with Crippen molar-refractivity contribution in [1.82, 2.24) is 15.0 Å². The summed E-state index contributed by atoms with van der Waals surface area (Å²) in [7, 11) is 0. The Morgan fingerprint density at radius 1 is 1.14 bits per heavy atom. The highest BCUT2D eigenvalue weighted by atomic mass is 16.5. The van der Waals surface area contributed by atoms with Crippen molar-refractivity contribution in [2.24, 2.45) is 0 Å². The van der Waals surface area contributed by atoms with Gasteiger partial charge in [-0.3, -0.25) is 19.4 Å². The van der Waals surface area contributed by atoms with Crippen LogP contribution < -0.4 is 9.64 Å². The van der Waals surface area contributed by atoms with Crippen LogP contribution in [0.25, 0.3) is 0 Å². The van der Waals surface area contributed by atoms with E-state index in [-0.39, 0.29) is 25.0 Å². The number of aromatic nitrogens is 1. The molecule has 0 aliphatic carbocycles. The lowest BCUT2D eigenvalue weighted by Crippen LogP contribution is -2.52. The van der Waals surface area contributed by atoms with Crippen LogP contribution in [0, 0.1) is 13.8 Å². The number of carbonyl (C=O) groups is 2. The fourth-order valence-electron chi connectivity index (χ4n) is 3.67. The van der Waals surface area contributed by atoms with Gasteiger partial charge in [0.05, 0.1) is 11.4 Å². The Kier molecular flexibility index (Phi) is 5.04. The first-order chi connectivity index (χ1) is 13.5. The number of hydrogen-bond acceptors (Lipinski definition) is 6. The van der Waals surface area contributed by atoms with E-state index in [4.69, 9.17) is 9.26 Å². The van der Waals surface area contributed by atoms with Crippen molar-refractivity contribution < 1.29 is 18.8 Å². The van der Waals surface area contributed by atoms with Crippen LogP contribution in [0.15, 0.2) is 28.8 Å². The van der Waals surface area contributed by atoms with Crippen molar-refractivity contribution in [3.63, 3.8) is 0 Å². The number of rotatable bonds is 4. The number of benzene rings is 1. The molecule has 2 aromatic rings. The van der Waals surface area contributed by atoms with Crippen LogP contribution in [-0.2, 0) is 16.1 Å². The van der Waals surface area contributed by atoms with Gasteiger partial charge in [-0.15, -0.1) is 0 Å². The van der Waals surface area contributed by atoms with E-state index in [1.165, 1.54) is 4.90 Å². The quantitative estimate of drug-likeness (QED) is 0.792. The third-order valence-electron chi connectivity index (χ3n) is 5.39. The zero-order valence-electron chi connectivity index (χ0n) is 16.2. The van der Waals surface area contributed by atoms with Gasteiger partial charge in [0.25, 0.3) is 5.91 Å². The zero-order valence-corrected chi connectivity index (χ0v) is 16.2. The van der Waals surface area contributed by atoms with Crippen molar-refractivity contribution in [1.29, 1.82) is 0 Å². The van der Waals surface area contributed by atoms with Gasteiger partial charge >= 0.3 is 0 Å². The van der Waals surface area contributed by atoms with Gasteiger partial charge in [-0.05, 0) is 26.0 Å². The Hall–Kier alpha value is -2.87. The Balaban J connectivity index is 1.35. The summed E-state index contributed by atoms with van der Waals surface area (Å²) >= 11 is 0. The normalized spacial score (nSPS) is 17.4. The molecule has 0 spiro atoms. The number of fused-ring (bicyclic) bond motifs is 1. The summed E-state index contributed by atoms with van der Waals surface area (Å²) < 4.78 is 10.7. The van der Waals surface area contributed by atoms with Gasteiger partial charge in [-0.25, -0.2) is 0 Å². The first-order valence-corrected chi connectivity index (χ1v) is 9.47. The van der Waals surface area contributed by atoms with Crippen molar-refractivity contribution in [2.45, 2.75) is 20.4 Å². The molecule has 1 saturated heterocycles. The van der Waals surface area contributed by atoms with Crippen molar-refractivity contribution >= 4 is 17.5 Å². The van der Waals surface area contributed by atoms with Crippen molar-refractivity contribution in [3.05, 3.63) is 41.3 Å². The van der Waals surface area contributed by atoms with Crippen LogP contribution in [0.5, 0.6) is 5.75 Å². The molecule has 1 fully saturated rings. The minimum atomic E-state index is -0.191. The van der Waals surface area contributed by atoms with Gasteiger partial charge in [0.15, 0.2) is 6.61 Å². The van der Waals surface area contributed by atoms with E-state index in [2.05, 4.69) is 10.1 Å². The predicted molar refractivity (Wildman–Crippen MR) is 102 cm³/mol. The standard InChI is InChI=1S/C20H24N4O4/c1-14-16(15(2)28-21-14)11-22-7-9-23(10-8-22)19(25)12-24-17-5-3-4-6-18(17)27-13-20(24)26/h3-6H,7-13H2,1-2H3. The fourth-order valence-corrected chi connectivity index (χ4v) is 3.67. The summed E-state index contributed by atoms with van der Waals surface area (Å²) in [4.78, 5) is 30.7. The van der Waals surface area contributed by atoms with Crippen LogP contribution in [0.1, 0.15) is 17.0 Å². The highest BCUT2D eigenvalue weighted by molar-refractivity contribution is 6.02. The molecule has 0 radical (unpaired) electrons. The summed E-state index contributed by atoms with van der Waals surface area (Å²) in [6.07, 6.45) is 0. The SMILES string of the molecule is Cc1noc(C)c1CN1CCN(C(=O)CN2C(=O)COc3ccccc32)CC1. The molecule has 0 N–H and O–H groups in total. The summed E-state index contributed by atoms with van der Waals surface area (Å²) in [6, 6.07) is 7.31. The predicted octanol–water partition coefficient (Wildman–Crippen LogP) is 1.36. The summed E-state index contributed by atoms with van der Waals surface area (Å²) in [5, 5.41) is 4.00. The van der Waals surface area contributed by atoms with Crippen LogP contribution in [0.4, 0.5) is 5.69 Å². The molecule has 1 aromatic carbocycles. The number of ether oxygens (including phenoxy) is 1. The minimum Gasteiger partial charge on any atom is -0.482 e. The molecule has 2 amide bonds. The number of para-hydroxylation sites is 2. The molecule has 2 aliphatic rings. The number of amides is 2. The van der Waals surface area contributed by atoms with Crippen LogP contribution in [-0.4, -0.2) is 66.1 Å². The van der Waals surface area contributed by atoms with E-state index in [0.717, 1.165) is 36.7 Å². The van der Waals surface area contributed by atoms with Crippen LogP contribution in [0.2, 0.25) is 0 Å². The molecule has 4 rings (SSSR count). The van der Waals surface area contributed by atoms with Gasteiger partial charge < -0.3 is 14.2 Å². The molecule has 0 saturated carbocycles. The minimum absolute atomic E-state index is 0.0322. The molecule has 2 aliphatic heterocycles. The maximum atomic E-state index is 12.8. The molecule has 3 heterocycles. The van der Waals surface area contributed by atoms with Gasteiger partial charge in [-0.1, -0.05) is 17.3 Å². The van der Waals surface area contributed by atoms with Gasteiger partial charge in [-0.2, -0.15) is 0 Å². The van der Waals surface area contributed by atoms with E-state index in [9.17, 15) is 9.59 Å². The molecular formula is C20H24N4O4. The van der Waals surface area contributed by atoms with Crippen LogP contribution in [0.3, 0.4) is 0 Å². The summed E-state index contributed by atoms with van der Waals surface area (Å²) in [5.74, 6) is 1.26. The molecular weight excluding hydrogens is 360 g/mol. The van der Waals surface area contributed by atoms with Gasteiger partial charge in [0.2, 0.25) is 5.91 Å². The lowest BCUT2D eigenvalue weighted by atomic mass is 10.1. The monoisotopic (exact) mass is 384 g/mol. The van der Waals surface area contributed by atoms with Gasteiger partial charge in [0.1, 0.15) is 18.1 Å². The molecule has 0 atom stereocenters. The Morgan fingerprint density at radius 3 is 2.61 bits per heavy atom. The topological polar surface area (TPSA) is 79.1 Å². The maximum absolute atomic E-state index is 12.8. The molecule has 148 valence electrons. The Labute approximate surface area is 163 Å². The molecule has 0 bridgehead atoms. The third kappa shape index (κ3) is 3.60. The Bertz CT molecular complexity index is 867. The number of piperazine rings is 1. The number of aryl methyl sites for hydroxylation is 2. The first-order valence-electron chi connectivity index (χ1n) is 9.47. The Morgan fingerprint density at radius 2 is 1.89 bits per heavy atom. The fraction of sp³-hybridized carbons (Fsp3) is 0.450. The van der Waals surface area contributed by atoms with E-state index < -0.39 is 0 Å². The third-order valence-corrected chi connectivity index (χ3v) is 5.39. The average molecular weight is 384 g/mol. The number of nitrogens with zero attached hydrogens (tertiary/aromatic N) is 4. The number of carbonyl (C=O) groups excluding carboxylic acids is 2. The highest BCUT2D eigenvalue weighted by Gasteiger charge is 2.30. The second-order valence-electron chi connectivity index (χ2n) is 7.20. The lowest BCUT2D eigenvalue weighted by molar-refractivity contribution is -0.133. The largest absolute Gasteiger partial charge is 0.482 e. The molecule has 8 nitrogen and oxygen atoms in total. The molecule has 0 unspecified atom stereocenters. The molecule has 1 aromatic heterocycles. The number of anilines is 1. The maximum Gasteiger partial charge on any atom is 0.265 e. The summed E-state index contributed by atoms with van der Waals surface area (Å²) in [5.41, 5.74) is 2.69. The van der Waals surface area contributed by atoms with Crippen molar-refractivity contribution in [3.8, 4) is 5.75 Å². The lowest BCUT2D eigenvalue weighted by Gasteiger charge is -2.36. The van der Waals surface area contributed by atoms with Crippen molar-refractivity contribution in [2.75, 3.05) is 44.2 Å². The second-order valence-corrected chi connectivity index (χ2v) is 7.20. The van der Waals surface area contributed by atoms with Crippen LogP contribution >= 0.6 is 0 Å². The molecule has 28 heavy (non-hydrogen) atoms. The smallest absolute Gasteiger partial charge is 0.265 e. The van der Waals surface area contributed by atoms with E-state index in [1.807, 2.05) is 36.9 Å².